The van der Waals surface area contributed by atoms with Gasteiger partial charge in [-0.25, -0.2) is 8.42 Å². The molecule has 1 atom stereocenters. The van der Waals surface area contributed by atoms with Gasteiger partial charge in [0.2, 0.25) is 11.8 Å². The molecule has 1 N–H and O–H groups in total. The summed E-state index contributed by atoms with van der Waals surface area (Å²) in [6, 6.07) is 27.6. The van der Waals surface area contributed by atoms with Crippen molar-refractivity contribution < 1.29 is 22.7 Å². The SMILES string of the molecule is CCCCNC(=O)[C@@H](Cc1ccccc1)N(Cc1cccc(OC)c1)C(=O)CN(c1cccc(Cl)c1)S(=O)(=O)c1ccc(Cl)cc1. The number of carbonyl (C=O) groups is 2. The number of halogens is 2. The highest BCUT2D eigenvalue weighted by Crippen LogP contribution is 2.28. The predicted octanol–water partition coefficient (Wildman–Crippen LogP) is 6.75. The number of anilines is 1. The van der Waals surface area contributed by atoms with E-state index in [0.717, 1.165) is 22.7 Å². The first kappa shape index (κ1) is 34.8. The highest BCUT2D eigenvalue weighted by atomic mass is 35.5. The molecule has 0 aromatic heterocycles. The van der Waals surface area contributed by atoms with Crippen LogP contribution < -0.4 is 14.4 Å². The first-order chi connectivity index (χ1) is 22.1. The number of nitrogens with zero attached hydrogens (tertiary/aromatic N) is 2. The number of nitrogens with one attached hydrogen (secondary N) is 1. The van der Waals surface area contributed by atoms with Gasteiger partial charge in [-0.3, -0.25) is 13.9 Å². The number of sulfonamides is 1. The number of carbonyl (C=O) groups excluding carboxylic acids is 2. The molecule has 0 unspecified atom stereocenters. The maximum absolute atomic E-state index is 14.5. The third-order valence-electron chi connectivity index (χ3n) is 7.36. The minimum Gasteiger partial charge on any atom is -0.497 e. The summed E-state index contributed by atoms with van der Waals surface area (Å²) in [5.74, 6) is -0.321. The molecule has 0 spiro atoms. The molecule has 0 saturated heterocycles. The molecule has 11 heteroatoms. The fourth-order valence-electron chi connectivity index (χ4n) is 4.92. The summed E-state index contributed by atoms with van der Waals surface area (Å²) in [5, 5.41) is 3.65. The summed E-state index contributed by atoms with van der Waals surface area (Å²) < 4.78 is 34.6. The van der Waals surface area contributed by atoms with E-state index in [0.29, 0.717) is 27.9 Å². The van der Waals surface area contributed by atoms with Crippen LogP contribution in [0.2, 0.25) is 10.0 Å². The molecule has 0 heterocycles. The quantitative estimate of drug-likeness (QED) is 0.140. The van der Waals surface area contributed by atoms with Gasteiger partial charge in [0, 0.05) is 29.6 Å². The second-order valence-electron chi connectivity index (χ2n) is 10.7. The molecule has 46 heavy (non-hydrogen) atoms. The lowest BCUT2D eigenvalue weighted by molar-refractivity contribution is -0.140. The van der Waals surface area contributed by atoms with Gasteiger partial charge in [0.15, 0.2) is 0 Å². The van der Waals surface area contributed by atoms with Crippen LogP contribution in [0.25, 0.3) is 0 Å². The largest absolute Gasteiger partial charge is 0.497 e. The number of ether oxygens (including phenoxy) is 1. The number of rotatable bonds is 15. The second-order valence-corrected chi connectivity index (χ2v) is 13.4. The number of amides is 2. The van der Waals surface area contributed by atoms with Crippen LogP contribution in [0.5, 0.6) is 5.75 Å². The van der Waals surface area contributed by atoms with Gasteiger partial charge in [-0.2, -0.15) is 0 Å². The number of hydrogen-bond donors (Lipinski definition) is 1. The first-order valence-corrected chi connectivity index (χ1v) is 17.1. The second kappa shape index (κ2) is 16.5. The number of unbranched alkanes of at least 4 members (excludes halogenated alkanes) is 1. The number of methoxy groups -OCH3 is 1. The molecule has 2 amide bonds. The van der Waals surface area contributed by atoms with Gasteiger partial charge >= 0.3 is 0 Å². The Hall–Kier alpha value is -4.05. The van der Waals surface area contributed by atoms with E-state index in [2.05, 4.69) is 5.32 Å². The molecular weight excluding hydrogens is 645 g/mol. The Bertz CT molecular complexity index is 1720. The van der Waals surface area contributed by atoms with Crippen molar-refractivity contribution >= 4 is 50.7 Å². The van der Waals surface area contributed by atoms with Crippen LogP contribution in [0.4, 0.5) is 5.69 Å². The maximum Gasteiger partial charge on any atom is 0.264 e. The average Bonchev–Trinajstić information content (AvgIpc) is 3.05. The minimum absolute atomic E-state index is 0.0269. The Morgan fingerprint density at radius 3 is 2.22 bits per heavy atom. The molecule has 0 saturated carbocycles. The van der Waals surface area contributed by atoms with Gasteiger partial charge in [0.25, 0.3) is 10.0 Å². The summed E-state index contributed by atoms with van der Waals surface area (Å²) in [6.45, 7) is 1.90. The summed E-state index contributed by atoms with van der Waals surface area (Å²) in [5.41, 5.74) is 1.76. The minimum atomic E-state index is -4.27. The zero-order valence-corrected chi connectivity index (χ0v) is 28.1. The highest BCUT2D eigenvalue weighted by molar-refractivity contribution is 7.92. The van der Waals surface area contributed by atoms with Gasteiger partial charge in [0.1, 0.15) is 18.3 Å². The van der Waals surface area contributed by atoms with Gasteiger partial charge < -0.3 is 15.0 Å². The van der Waals surface area contributed by atoms with E-state index in [9.17, 15) is 18.0 Å². The Morgan fingerprint density at radius 2 is 1.54 bits per heavy atom. The van der Waals surface area contributed by atoms with Crippen LogP contribution in [-0.2, 0) is 32.6 Å². The third-order valence-corrected chi connectivity index (χ3v) is 9.64. The molecule has 4 rings (SSSR count). The van der Waals surface area contributed by atoms with Crippen LogP contribution >= 0.6 is 23.2 Å². The highest BCUT2D eigenvalue weighted by Gasteiger charge is 2.34. The molecule has 4 aromatic rings. The van der Waals surface area contributed by atoms with Crippen molar-refractivity contribution in [1.29, 1.82) is 0 Å². The van der Waals surface area contributed by atoms with Crippen LogP contribution in [0.15, 0.2) is 108 Å². The van der Waals surface area contributed by atoms with Crippen molar-refractivity contribution in [2.45, 2.75) is 43.7 Å². The van der Waals surface area contributed by atoms with Crippen LogP contribution in [0.1, 0.15) is 30.9 Å². The molecule has 0 aliphatic carbocycles. The monoisotopic (exact) mass is 681 g/mol. The van der Waals surface area contributed by atoms with Crippen molar-refractivity contribution in [1.82, 2.24) is 10.2 Å². The van der Waals surface area contributed by atoms with E-state index < -0.39 is 28.5 Å². The van der Waals surface area contributed by atoms with Crippen LogP contribution in [0.3, 0.4) is 0 Å². The van der Waals surface area contributed by atoms with E-state index in [1.54, 1.807) is 43.5 Å². The topological polar surface area (TPSA) is 96.0 Å². The molecule has 242 valence electrons. The lowest BCUT2D eigenvalue weighted by atomic mass is 10.0. The average molecular weight is 683 g/mol. The molecule has 0 aliphatic heterocycles. The molecule has 0 aliphatic rings. The molecule has 8 nitrogen and oxygen atoms in total. The summed E-state index contributed by atoms with van der Waals surface area (Å²) in [7, 11) is -2.73. The van der Waals surface area contributed by atoms with E-state index in [1.807, 2.05) is 43.3 Å². The van der Waals surface area contributed by atoms with Crippen LogP contribution in [0, 0.1) is 0 Å². The first-order valence-electron chi connectivity index (χ1n) is 14.9. The zero-order chi connectivity index (χ0) is 33.1. The molecule has 4 aromatic carbocycles. The van der Waals surface area contributed by atoms with Crippen molar-refractivity contribution in [3.63, 3.8) is 0 Å². The Balaban J connectivity index is 1.80. The predicted molar refractivity (Wildman–Crippen MR) is 183 cm³/mol. The van der Waals surface area contributed by atoms with Crippen molar-refractivity contribution in [3.05, 3.63) is 124 Å². The molecular formula is C35H37Cl2N3O5S. The lowest BCUT2D eigenvalue weighted by Gasteiger charge is -2.34. The van der Waals surface area contributed by atoms with Gasteiger partial charge in [0.05, 0.1) is 17.7 Å². The van der Waals surface area contributed by atoms with Crippen molar-refractivity contribution in [2.24, 2.45) is 0 Å². The van der Waals surface area contributed by atoms with Crippen LogP contribution in [-0.4, -0.2) is 51.4 Å². The van der Waals surface area contributed by atoms with Crippen molar-refractivity contribution in [3.8, 4) is 5.75 Å². The van der Waals surface area contributed by atoms with E-state index in [4.69, 9.17) is 27.9 Å². The summed E-state index contributed by atoms with van der Waals surface area (Å²) >= 11 is 12.3. The lowest BCUT2D eigenvalue weighted by Crippen LogP contribution is -2.53. The van der Waals surface area contributed by atoms with E-state index in [1.165, 1.54) is 35.2 Å². The smallest absolute Gasteiger partial charge is 0.264 e. The fourth-order valence-corrected chi connectivity index (χ4v) is 6.64. The van der Waals surface area contributed by atoms with Gasteiger partial charge in [-0.15, -0.1) is 0 Å². The Kier molecular flexibility index (Phi) is 12.5. The molecule has 0 fully saturated rings. The normalized spacial score (nSPS) is 11.8. The Morgan fingerprint density at radius 1 is 0.848 bits per heavy atom. The van der Waals surface area contributed by atoms with E-state index in [-0.39, 0.29) is 29.5 Å². The zero-order valence-electron chi connectivity index (χ0n) is 25.7. The van der Waals surface area contributed by atoms with Gasteiger partial charge in [-0.1, -0.05) is 85.1 Å². The molecule has 0 radical (unpaired) electrons. The number of hydrogen-bond acceptors (Lipinski definition) is 5. The standard InChI is InChI=1S/C35H37Cl2N3O5S/c1-3-4-20-38-35(42)33(22-26-10-6-5-7-11-26)39(24-27-12-8-15-31(21-27)45-2)34(41)25-40(30-14-9-13-29(37)23-30)46(43,44)32-18-16-28(36)17-19-32/h5-19,21,23,33H,3-4,20,22,24-25H2,1-2H3,(H,38,42)/t33-/m1/s1. The maximum atomic E-state index is 14.5. The third kappa shape index (κ3) is 9.25. The van der Waals surface area contributed by atoms with Crippen molar-refractivity contribution in [2.75, 3.05) is 24.5 Å². The Labute approximate surface area is 280 Å². The summed E-state index contributed by atoms with van der Waals surface area (Å²) in [6.07, 6.45) is 1.87. The molecule has 0 bridgehead atoms. The van der Waals surface area contributed by atoms with E-state index >= 15 is 0 Å². The number of benzene rings is 4. The fraction of sp³-hybridized carbons (Fsp3) is 0.257. The van der Waals surface area contributed by atoms with Gasteiger partial charge in [-0.05, 0) is 72.1 Å². The summed E-state index contributed by atoms with van der Waals surface area (Å²) in [4.78, 5) is 29.8.